The first-order valence-corrected chi connectivity index (χ1v) is 8.35. The van der Waals surface area contributed by atoms with Gasteiger partial charge in [0.1, 0.15) is 5.75 Å². The molecule has 0 bridgehead atoms. The van der Waals surface area contributed by atoms with E-state index in [0.717, 1.165) is 12.1 Å². The van der Waals surface area contributed by atoms with E-state index in [1.54, 1.807) is 0 Å². The first-order valence-electron chi connectivity index (χ1n) is 7.19. The minimum Gasteiger partial charge on any atom is -0.494 e. The van der Waals surface area contributed by atoms with Crippen molar-refractivity contribution in [3.8, 4) is 5.75 Å². The van der Waals surface area contributed by atoms with Crippen molar-refractivity contribution in [1.82, 2.24) is 5.32 Å². The summed E-state index contributed by atoms with van der Waals surface area (Å²) in [5, 5.41) is 6.30. The predicted octanol–water partition coefficient (Wildman–Crippen LogP) is 4.69. The molecule has 0 spiro atoms. The van der Waals surface area contributed by atoms with Crippen LogP contribution in [-0.2, 0) is 6.42 Å². The molecular formula is C17H16Cl2N2O2S. The Balaban J connectivity index is 2.10. The van der Waals surface area contributed by atoms with Gasteiger partial charge in [0.05, 0.1) is 17.7 Å². The van der Waals surface area contributed by atoms with Gasteiger partial charge in [0.25, 0.3) is 5.91 Å². The highest BCUT2D eigenvalue weighted by Gasteiger charge is 2.17. The molecule has 2 aromatic carbocycles. The Hall–Kier alpha value is -1.82. The maximum atomic E-state index is 12.4. The van der Waals surface area contributed by atoms with Gasteiger partial charge in [-0.15, -0.1) is 0 Å². The summed E-state index contributed by atoms with van der Waals surface area (Å²) in [7, 11) is 1.43. The lowest BCUT2D eigenvalue weighted by atomic mass is 10.1. The lowest BCUT2D eigenvalue weighted by Gasteiger charge is -2.13. The number of nitrogens with one attached hydrogen (secondary N) is 2. The molecule has 1 amide bonds. The number of carbonyl (C=O) groups excluding carboxylic acids is 1. The quantitative estimate of drug-likeness (QED) is 0.752. The van der Waals surface area contributed by atoms with E-state index in [0.29, 0.717) is 5.02 Å². The van der Waals surface area contributed by atoms with Gasteiger partial charge in [-0.1, -0.05) is 42.3 Å². The highest BCUT2D eigenvalue weighted by atomic mass is 35.5. The maximum absolute atomic E-state index is 12.4. The molecule has 0 saturated heterocycles. The van der Waals surface area contributed by atoms with Gasteiger partial charge in [0.15, 0.2) is 5.11 Å². The van der Waals surface area contributed by atoms with Crippen LogP contribution in [0.5, 0.6) is 5.75 Å². The van der Waals surface area contributed by atoms with E-state index in [-0.39, 0.29) is 21.4 Å². The van der Waals surface area contributed by atoms with Crippen LogP contribution < -0.4 is 15.4 Å². The third-order valence-corrected chi connectivity index (χ3v) is 4.01. The summed E-state index contributed by atoms with van der Waals surface area (Å²) < 4.78 is 5.16. The van der Waals surface area contributed by atoms with E-state index in [4.69, 9.17) is 40.2 Å². The summed E-state index contributed by atoms with van der Waals surface area (Å²) in [5.41, 5.74) is 2.21. The van der Waals surface area contributed by atoms with Gasteiger partial charge in [0, 0.05) is 10.7 Å². The molecule has 0 fully saturated rings. The number of aryl methyl sites for hydroxylation is 1. The molecule has 0 aliphatic rings. The number of carbonyl (C=O) groups is 1. The molecule has 0 saturated carbocycles. The second-order valence-corrected chi connectivity index (χ2v) is 6.18. The number of rotatable bonds is 4. The average molecular weight is 383 g/mol. The second-order valence-electron chi connectivity index (χ2n) is 4.93. The van der Waals surface area contributed by atoms with Crippen molar-refractivity contribution in [2.75, 3.05) is 12.4 Å². The van der Waals surface area contributed by atoms with Crippen LogP contribution in [0, 0.1) is 0 Å². The SMILES string of the molecule is CCc1ccc(NC(=S)NC(=O)c2cc(Cl)cc(Cl)c2OC)cc1. The van der Waals surface area contributed by atoms with Crippen LogP contribution >= 0.6 is 35.4 Å². The highest BCUT2D eigenvalue weighted by molar-refractivity contribution is 7.80. The van der Waals surface area contributed by atoms with Crippen molar-refractivity contribution in [1.29, 1.82) is 0 Å². The van der Waals surface area contributed by atoms with Crippen LogP contribution in [-0.4, -0.2) is 18.1 Å². The first kappa shape index (κ1) is 18.5. The van der Waals surface area contributed by atoms with Crippen molar-refractivity contribution < 1.29 is 9.53 Å². The molecule has 0 aromatic heterocycles. The standard InChI is InChI=1S/C17H16Cl2N2O2S/c1-3-10-4-6-12(7-5-10)20-17(24)21-16(22)13-8-11(18)9-14(19)15(13)23-2/h4-9H,3H2,1-2H3,(H2,20,21,22,24). The molecule has 2 N–H and O–H groups in total. The average Bonchev–Trinajstić information content (AvgIpc) is 2.54. The molecule has 2 aromatic rings. The molecular weight excluding hydrogens is 367 g/mol. The van der Waals surface area contributed by atoms with E-state index in [1.807, 2.05) is 24.3 Å². The van der Waals surface area contributed by atoms with Crippen LogP contribution in [0.25, 0.3) is 0 Å². The van der Waals surface area contributed by atoms with Gasteiger partial charge in [0.2, 0.25) is 0 Å². The van der Waals surface area contributed by atoms with E-state index in [1.165, 1.54) is 24.8 Å². The van der Waals surface area contributed by atoms with Gasteiger partial charge < -0.3 is 10.1 Å². The van der Waals surface area contributed by atoms with Crippen molar-refractivity contribution in [3.63, 3.8) is 0 Å². The lowest BCUT2D eigenvalue weighted by Crippen LogP contribution is -2.34. The third-order valence-electron chi connectivity index (χ3n) is 3.30. The molecule has 2 rings (SSSR count). The van der Waals surface area contributed by atoms with E-state index in [2.05, 4.69) is 17.6 Å². The second kappa shape index (κ2) is 8.33. The molecule has 0 unspecified atom stereocenters. The summed E-state index contributed by atoms with van der Waals surface area (Å²) in [5.74, 6) is -0.215. The molecule has 0 heterocycles. The summed E-state index contributed by atoms with van der Waals surface area (Å²) >= 11 is 17.2. The van der Waals surface area contributed by atoms with Gasteiger partial charge in [-0.05, 0) is 48.5 Å². The Morgan fingerprint density at radius 2 is 1.88 bits per heavy atom. The van der Waals surface area contributed by atoms with Crippen LogP contribution in [0.4, 0.5) is 5.69 Å². The number of amides is 1. The summed E-state index contributed by atoms with van der Waals surface area (Å²) in [4.78, 5) is 12.4. The molecule has 0 aliphatic carbocycles. The fourth-order valence-corrected chi connectivity index (χ4v) is 2.87. The topological polar surface area (TPSA) is 50.4 Å². The largest absolute Gasteiger partial charge is 0.494 e. The normalized spacial score (nSPS) is 10.2. The van der Waals surface area contributed by atoms with E-state index < -0.39 is 5.91 Å². The zero-order chi connectivity index (χ0) is 17.7. The fraction of sp³-hybridized carbons (Fsp3) is 0.176. The van der Waals surface area contributed by atoms with Gasteiger partial charge in [-0.3, -0.25) is 10.1 Å². The monoisotopic (exact) mass is 382 g/mol. The number of halogens is 2. The highest BCUT2D eigenvalue weighted by Crippen LogP contribution is 2.32. The summed E-state index contributed by atoms with van der Waals surface area (Å²) in [6.07, 6.45) is 0.955. The number of ether oxygens (including phenoxy) is 1. The number of thiocarbonyl (C=S) groups is 1. The molecule has 0 radical (unpaired) electrons. The van der Waals surface area contributed by atoms with Gasteiger partial charge in [-0.2, -0.15) is 0 Å². The minimum atomic E-state index is -0.459. The Labute approximate surface area is 156 Å². The Bertz CT molecular complexity index is 764. The van der Waals surface area contributed by atoms with Crippen LogP contribution in [0.3, 0.4) is 0 Å². The van der Waals surface area contributed by atoms with Crippen molar-refractivity contribution in [2.45, 2.75) is 13.3 Å². The molecule has 0 aliphatic heterocycles. The number of anilines is 1. The summed E-state index contributed by atoms with van der Waals surface area (Å²) in [6, 6.07) is 10.8. The smallest absolute Gasteiger partial charge is 0.261 e. The minimum absolute atomic E-state index is 0.169. The Morgan fingerprint density at radius 3 is 2.46 bits per heavy atom. The van der Waals surface area contributed by atoms with Crippen LogP contribution in [0.2, 0.25) is 10.0 Å². The molecule has 7 heteroatoms. The van der Waals surface area contributed by atoms with Crippen molar-refractivity contribution >= 4 is 52.1 Å². The number of hydrogen-bond acceptors (Lipinski definition) is 3. The van der Waals surface area contributed by atoms with Gasteiger partial charge in [-0.25, -0.2) is 0 Å². The third kappa shape index (κ3) is 4.60. The van der Waals surface area contributed by atoms with E-state index in [9.17, 15) is 4.79 Å². The predicted molar refractivity (Wildman–Crippen MR) is 103 cm³/mol. The Morgan fingerprint density at radius 1 is 1.21 bits per heavy atom. The van der Waals surface area contributed by atoms with Crippen LogP contribution in [0.15, 0.2) is 36.4 Å². The zero-order valence-electron chi connectivity index (χ0n) is 13.2. The molecule has 126 valence electrons. The lowest BCUT2D eigenvalue weighted by molar-refractivity contribution is 0.0975. The fourth-order valence-electron chi connectivity index (χ4n) is 2.09. The molecule has 24 heavy (non-hydrogen) atoms. The van der Waals surface area contributed by atoms with Crippen molar-refractivity contribution in [3.05, 3.63) is 57.6 Å². The van der Waals surface area contributed by atoms with Gasteiger partial charge >= 0.3 is 0 Å². The van der Waals surface area contributed by atoms with E-state index >= 15 is 0 Å². The zero-order valence-corrected chi connectivity index (χ0v) is 15.5. The maximum Gasteiger partial charge on any atom is 0.261 e. The number of hydrogen-bond donors (Lipinski definition) is 2. The number of methoxy groups -OCH3 is 1. The molecule has 4 nitrogen and oxygen atoms in total. The van der Waals surface area contributed by atoms with Crippen LogP contribution in [0.1, 0.15) is 22.8 Å². The van der Waals surface area contributed by atoms with Crippen molar-refractivity contribution in [2.24, 2.45) is 0 Å². The number of benzene rings is 2. The first-order chi connectivity index (χ1) is 11.4. The Kier molecular flexibility index (Phi) is 6.43. The molecule has 0 atom stereocenters. The summed E-state index contributed by atoms with van der Waals surface area (Å²) in [6.45, 7) is 2.08.